The fourth-order valence-electron chi connectivity index (χ4n) is 4.25. The second-order valence-electron chi connectivity index (χ2n) is 7.81. The maximum Gasteiger partial charge on any atom is 0.253 e. The summed E-state index contributed by atoms with van der Waals surface area (Å²) in [5, 5.41) is 2.85. The number of carbonyl (C=O) groups is 3. The van der Waals surface area contributed by atoms with E-state index in [1.165, 1.54) is 24.3 Å². The average Bonchev–Trinajstić information content (AvgIpc) is 2.93. The van der Waals surface area contributed by atoms with Crippen LogP contribution < -0.4 is 10.2 Å². The maximum atomic E-state index is 13.4. The third-order valence-electron chi connectivity index (χ3n) is 5.80. The second kappa shape index (κ2) is 8.26. The minimum atomic E-state index is -0.392. The lowest BCUT2D eigenvalue weighted by Gasteiger charge is -2.35. The van der Waals surface area contributed by atoms with Crippen LogP contribution in [0.5, 0.6) is 0 Å². The Hall–Kier alpha value is -3.22. The fraction of sp³-hybridized carbons (Fsp3) is 0.348. The lowest BCUT2D eigenvalue weighted by molar-refractivity contribution is -0.123. The Morgan fingerprint density at radius 3 is 2.63 bits per heavy atom. The number of rotatable bonds is 2. The van der Waals surface area contributed by atoms with Crippen molar-refractivity contribution in [2.24, 2.45) is 5.92 Å². The van der Waals surface area contributed by atoms with Crippen molar-refractivity contribution in [1.82, 2.24) is 10.2 Å². The topological polar surface area (TPSA) is 69.7 Å². The Morgan fingerprint density at radius 1 is 1.10 bits per heavy atom. The molecule has 1 atom stereocenters. The van der Waals surface area contributed by atoms with Crippen molar-refractivity contribution in [3.05, 3.63) is 65.0 Å². The Labute approximate surface area is 174 Å². The highest BCUT2D eigenvalue weighted by Crippen LogP contribution is 2.29. The van der Waals surface area contributed by atoms with Gasteiger partial charge in [-0.25, -0.2) is 4.39 Å². The van der Waals surface area contributed by atoms with Crippen molar-refractivity contribution in [3.63, 3.8) is 0 Å². The van der Waals surface area contributed by atoms with Crippen molar-refractivity contribution in [1.29, 1.82) is 0 Å². The van der Waals surface area contributed by atoms with E-state index in [1.54, 1.807) is 15.9 Å². The molecule has 0 spiro atoms. The van der Waals surface area contributed by atoms with E-state index in [1.807, 2.05) is 19.1 Å². The number of aryl methyl sites for hydroxylation is 1. The standard InChI is InChI=1S/C23H24FN3O3/c1-15-4-2-6-19-20(15)21(28)25-11-13-27(19)23(30)17-5-3-12-26(14-17)22(29)16-7-9-18(24)10-8-16/h2,4,6-10,17H,3,5,11-14H2,1H3,(H,25,28). The van der Waals surface area contributed by atoms with Gasteiger partial charge in [0, 0.05) is 31.7 Å². The van der Waals surface area contributed by atoms with Crippen molar-refractivity contribution in [3.8, 4) is 0 Å². The molecule has 1 unspecified atom stereocenters. The number of piperidine rings is 1. The Morgan fingerprint density at radius 2 is 1.87 bits per heavy atom. The van der Waals surface area contributed by atoms with Crippen LogP contribution in [0, 0.1) is 18.7 Å². The molecule has 2 aliphatic rings. The van der Waals surface area contributed by atoms with Gasteiger partial charge in [0.15, 0.2) is 0 Å². The van der Waals surface area contributed by atoms with Crippen molar-refractivity contribution >= 4 is 23.4 Å². The van der Waals surface area contributed by atoms with E-state index in [9.17, 15) is 18.8 Å². The molecule has 1 saturated heterocycles. The number of amides is 3. The summed E-state index contributed by atoms with van der Waals surface area (Å²) in [5.41, 5.74) is 2.38. The van der Waals surface area contributed by atoms with Crippen LogP contribution in [0.4, 0.5) is 10.1 Å². The van der Waals surface area contributed by atoms with E-state index in [4.69, 9.17) is 0 Å². The highest BCUT2D eigenvalue weighted by Gasteiger charge is 2.34. The number of anilines is 1. The van der Waals surface area contributed by atoms with E-state index in [-0.39, 0.29) is 23.6 Å². The molecule has 4 rings (SSSR count). The van der Waals surface area contributed by atoms with Gasteiger partial charge in [-0.05, 0) is 55.7 Å². The summed E-state index contributed by atoms with van der Waals surface area (Å²) in [6, 6.07) is 11.0. The van der Waals surface area contributed by atoms with Crippen molar-refractivity contribution in [2.75, 3.05) is 31.1 Å². The highest BCUT2D eigenvalue weighted by molar-refractivity contribution is 6.07. The number of fused-ring (bicyclic) bond motifs is 1. The lowest BCUT2D eigenvalue weighted by atomic mass is 9.95. The van der Waals surface area contributed by atoms with Crippen LogP contribution in [-0.4, -0.2) is 48.8 Å². The van der Waals surface area contributed by atoms with Crippen LogP contribution in [0.1, 0.15) is 39.1 Å². The van der Waals surface area contributed by atoms with Gasteiger partial charge in [0.05, 0.1) is 17.2 Å². The summed E-state index contributed by atoms with van der Waals surface area (Å²) in [6.45, 7) is 3.51. The summed E-state index contributed by atoms with van der Waals surface area (Å²) < 4.78 is 13.2. The first-order chi connectivity index (χ1) is 14.5. The van der Waals surface area contributed by atoms with Crippen molar-refractivity contribution in [2.45, 2.75) is 19.8 Å². The summed E-state index contributed by atoms with van der Waals surface area (Å²) >= 11 is 0. The Kier molecular flexibility index (Phi) is 5.53. The number of nitrogens with one attached hydrogen (secondary N) is 1. The van der Waals surface area contributed by atoms with Gasteiger partial charge < -0.3 is 15.1 Å². The van der Waals surface area contributed by atoms with Gasteiger partial charge in [-0.2, -0.15) is 0 Å². The van der Waals surface area contributed by atoms with E-state index in [2.05, 4.69) is 5.32 Å². The summed E-state index contributed by atoms with van der Waals surface area (Å²) in [7, 11) is 0. The largest absolute Gasteiger partial charge is 0.350 e. The van der Waals surface area contributed by atoms with E-state index >= 15 is 0 Å². The summed E-state index contributed by atoms with van der Waals surface area (Å²) in [5.74, 6) is -1.18. The smallest absolute Gasteiger partial charge is 0.253 e. The van der Waals surface area contributed by atoms with Gasteiger partial charge in [-0.1, -0.05) is 12.1 Å². The first-order valence-corrected chi connectivity index (χ1v) is 10.2. The van der Waals surface area contributed by atoms with Crippen LogP contribution in [0.3, 0.4) is 0 Å². The molecule has 2 heterocycles. The minimum absolute atomic E-state index is 0.0741. The fourth-order valence-corrected chi connectivity index (χ4v) is 4.25. The number of hydrogen-bond acceptors (Lipinski definition) is 3. The van der Waals surface area contributed by atoms with Gasteiger partial charge in [-0.15, -0.1) is 0 Å². The molecular weight excluding hydrogens is 385 g/mol. The molecule has 1 N–H and O–H groups in total. The van der Waals surface area contributed by atoms with E-state index in [0.717, 1.165) is 12.0 Å². The molecular formula is C23H24FN3O3. The van der Waals surface area contributed by atoms with Crippen LogP contribution in [0.25, 0.3) is 0 Å². The van der Waals surface area contributed by atoms with Crippen molar-refractivity contribution < 1.29 is 18.8 Å². The first kappa shape index (κ1) is 20.1. The molecule has 0 radical (unpaired) electrons. The van der Waals surface area contributed by atoms with Crippen LogP contribution in [-0.2, 0) is 4.79 Å². The molecule has 2 aromatic carbocycles. The SMILES string of the molecule is Cc1cccc2c1C(=O)NCCN2C(=O)C1CCCN(C(=O)c2ccc(F)cc2)C1. The average molecular weight is 409 g/mol. The van der Waals surface area contributed by atoms with Gasteiger partial charge in [0.25, 0.3) is 11.8 Å². The molecule has 0 aliphatic carbocycles. The third-order valence-corrected chi connectivity index (χ3v) is 5.80. The predicted octanol–water partition coefficient (Wildman–Crippen LogP) is 2.76. The maximum absolute atomic E-state index is 13.4. The monoisotopic (exact) mass is 409 g/mol. The zero-order valence-corrected chi connectivity index (χ0v) is 16.9. The van der Waals surface area contributed by atoms with Crippen LogP contribution >= 0.6 is 0 Å². The molecule has 30 heavy (non-hydrogen) atoms. The predicted molar refractivity (Wildman–Crippen MR) is 111 cm³/mol. The molecule has 2 aromatic rings. The van der Waals surface area contributed by atoms with E-state index < -0.39 is 5.82 Å². The quantitative estimate of drug-likeness (QED) is 0.829. The summed E-state index contributed by atoms with van der Waals surface area (Å²) in [4.78, 5) is 42.1. The Bertz CT molecular complexity index is 990. The molecule has 2 aliphatic heterocycles. The molecule has 156 valence electrons. The zero-order chi connectivity index (χ0) is 21.3. The molecule has 3 amide bonds. The molecule has 0 bridgehead atoms. The molecule has 7 heteroatoms. The molecule has 6 nitrogen and oxygen atoms in total. The normalized spacial score (nSPS) is 19.0. The van der Waals surface area contributed by atoms with Gasteiger partial charge in [-0.3, -0.25) is 14.4 Å². The van der Waals surface area contributed by atoms with Crippen LogP contribution in [0.15, 0.2) is 42.5 Å². The number of halogens is 1. The van der Waals surface area contributed by atoms with Gasteiger partial charge in [0.2, 0.25) is 5.91 Å². The Balaban J connectivity index is 1.55. The number of likely N-dealkylation sites (tertiary alicyclic amines) is 1. The zero-order valence-electron chi connectivity index (χ0n) is 16.9. The lowest BCUT2D eigenvalue weighted by Crippen LogP contribution is -2.47. The third kappa shape index (κ3) is 3.79. The number of nitrogens with zero attached hydrogens (tertiary/aromatic N) is 2. The molecule has 0 saturated carbocycles. The highest BCUT2D eigenvalue weighted by atomic mass is 19.1. The summed E-state index contributed by atoms with van der Waals surface area (Å²) in [6.07, 6.45) is 1.40. The first-order valence-electron chi connectivity index (χ1n) is 10.2. The molecule has 1 fully saturated rings. The number of carbonyl (C=O) groups excluding carboxylic acids is 3. The number of hydrogen-bond donors (Lipinski definition) is 1. The molecule has 0 aromatic heterocycles. The van der Waals surface area contributed by atoms with E-state index in [0.29, 0.717) is 49.4 Å². The van der Waals surface area contributed by atoms with Gasteiger partial charge >= 0.3 is 0 Å². The minimum Gasteiger partial charge on any atom is -0.350 e. The van der Waals surface area contributed by atoms with Gasteiger partial charge in [0.1, 0.15) is 5.82 Å². The number of benzene rings is 2. The van der Waals surface area contributed by atoms with Crippen LogP contribution in [0.2, 0.25) is 0 Å². The second-order valence-corrected chi connectivity index (χ2v) is 7.81.